The number of hydrogen-bond acceptors (Lipinski definition) is 4. The van der Waals surface area contributed by atoms with Gasteiger partial charge in [0.2, 0.25) is 0 Å². The molecule has 0 aromatic heterocycles. The van der Waals surface area contributed by atoms with Crippen molar-refractivity contribution in [1.82, 2.24) is 15.5 Å². The van der Waals surface area contributed by atoms with Crippen LogP contribution in [0.3, 0.4) is 0 Å². The smallest absolute Gasteiger partial charge is 0.191 e. The summed E-state index contributed by atoms with van der Waals surface area (Å²) >= 11 is 0. The lowest BCUT2D eigenvalue weighted by molar-refractivity contribution is 0.127. The number of likely N-dealkylation sites (N-methyl/N-ethyl adjacent to an activating group) is 1. The fourth-order valence-corrected chi connectivity index (χ4v) is 3.57. The second-order valence-corrected chi connectivity index (χ2v) is 7.66. The molecule has 1 aromatic carbocycles. The molecule has 0 amide bonds. The quantitative estimate of drug-likeness (QED) is 0.274. The Morgan fingerprint density at radius 2 is 2.00 bits per heavy atom. The number of aliphatic hydroxyl groups excluding tert-OH is 1. The van der Waals surface area contributed by atoms with E-state index in [-0.39, 0.29) is 42.0 Å². The molecule has 2 rings (SSSR count). The summed E-state index contributed by atoms with van der Waals surface area (Å²) in [5.41, 5.74) is 2.65. The molecule has 1 fully saturated rings. The van der Waals surface area contributed by atoms with Gasteiger partial charge < -0.3 is 25.4 Å². The second-order valence-electron chi connectivity index (χ2n) is 7.66. The summed E-state index contributed by atoms with van der Waals surface area (Å²) < 4.78 is 5.57. The number of nitrogens with one attached hydrogen (secondary N) is 2. The van der Waals surface area contributed by atoms with Gasteiger partial charge in [0.1, 0.15) is 0 Å². The van der Waals surface area contributed by atoms with Crippen LogP contribution in [0.2, 0.25) is 0 Å². The summed E-state index contributed by atoms with van der Waals surface area (Å²) in [5, 5.41) is 16.3. The number of halogens is 1. The minimum absolute atomic E-state index is 0. The maximum atomic E-state index is 9.38. The molecule has 2 unspecified atom stereocenters. The van der Waals surface area contributed by atoms with E-state index in [1.807, 2.05) is 0 Å². The van der Waals surface area contributed by atoms with Crippen molar-refractivity contribution in [3.8, 4) is 0 Å². The Kier molecular flexibility index (Phi) is 11.3. The van der Waals surface area contributed by atoms with E-state index in [2.05, 4.69) is 65.8 Å². The van der Waals surface area contributed by atoms with Gasteiger partial charge in [0, 0.05) is 38.8 Å². The summed E-state index contributed by atoms with van der Waals surface area (Å²) in [7, 11) is 5.99. The van der Waals surface area contributed by atoms with Gasteiger partial charge in [-0.15, -0.1) is 24.0 Å². The highest BCUT2D eigenvalue weighted by molar-refractivity contribution is 14.0. The van der Waals surface area contributed by atoms with Crippen molar-refractivity contribution in [2.75, 3.05) is 54.1 Å². The molecule has 0 aliphatic carbocycles. The number of hydrogen-bond donors (Lipinski definition) is 3. The highest BCUT2D eigenvalue weighted by atomic mass is 127. The topological polar surface area (TPSA) is 69.1 Å². The third kappa shape index (κ3) is 7.17. The Hall–Kier alpha value is -0.900. The molecule has 2 atom stereocenters. The molecule has 0 saturated carbocycles. The molecule has 1 saturated heterocycles. The maximum Gasteiger partial charge on any atom is 0.191 e. The zero-order chi connectivity index (χ0) is 19.7. The minimum atomic E-state index is 0. The molecular formula is C21H37IN4O2. The first kappa shape index (κ1) is 25.1. The van der Waals surface area contributed by atoms with E-state index in [1.165, 1.54) is 11.1 Å². The van der Waals surface area contributed by atoms with E-state index in [4.69, 9.17) is 4.74 Å². The lowest BCUT2D eigenvalue weighted by atomic mass is 9.84. The summed E-state index contributed by atoms with van der Waals surface area (Å²) in [6, 6.07) is 9.10. The number of aryl methyl sites for hydroxylation is 1. The molecule has 0 radical (unpaired) electrons. The third-order valence-electron chi connectivity index (χ3n) is 5.54. The van der Waals surface area contributed by atoms with Gasteiger partial charge in [0.05, 0.1) is 12.6 Å². The molecule has 0 spiro atoms. The molecule has 28 heavy (non-hydrogen) atoms. The predicted molar refractivity (Wildman–Crippen MR) is 127 cm³/mol. The Balaban J connectivity index is 0.00000392. The molecule has 1 aromatic rings. The summed E-state index contributed by atoms with van der Waals surface area (Å²) in [6.45, 7) is 5.35. The van der Waals surface area contributed by atoms with Crippen LogP contribution in [0.15, 0.2) is 29.3 Å². The molecular weight excluding hydrogens is 467 g/mol. The van der Waals surface area contributed by atoms with Crippen LogP contribution in [-0.4, -0.2) is 70.0 Å². The van der Waals surface area contributed by atoms with Crippen molar-refractivity contribution in [3.63, 3.8) is 0 Å². The van der Waals surface area contributed by atoms with Crippen molar-refractivity contribution in [2.45, 2.75) is 32.2 Å². The summed E-state index contributed by atoms with van der Waals surface area (Å²) in [5.74, 6) is 0.788. The number of rotatable bonds is 9. The van der Waals surface area contributed by atoms with Gasteiger partial charge >= 0.3 is 0 Å². The van der Waals surface area contributed by atoms with Crippen LogP contribution >= 0.6 is 24.0 Å². The third-order valence-corrected chi connectivity index (χ3v) is 5.54. The molecule has 1 heterocycles. The maximum absolute atomic E-state index is 9.38. The van der Waals surface area contributed by atoms with E-state index in [0.29, 0.717) is 6.61 Å². The van der Waals surface area contributed by atoms with E-state index in [1.54, 1.807) is 7.05 Å². The standard InChI is InChI=1S/C21H36N4O2.HI/c1-5-17-6-8-18(9-7-17)19(25(3)4)14-23-20(22-2)24-15-21(10-12-26)11-13-27-16-21;/h6-9,19,26H,5,10-16H2,1-4H3,(H2,22,23,24);1H. The van der Waals surface area contributed by atoms with Crippen LogP contribution < -0.4 is 10.6 Å². The van der Waals surface area contributed by atoms with Gasteiger partial charge in [-0.3, -0.25) is 4.99 Å². The fraction of sp³-hybridized carbons (Fsp3) is 0.667. The summed E-state index contributed by atoms with van der Waals surface area (Å²) in [6.07, 6.45) is 2.78. The highest BCUT2D eigenvalue weighted by Crippen LogP contribution is 2.31. The molecule has 1 aliphatic heterocycles. The Morgan fingerprint density at radius 3 is 2.50 bits per heavy atom. The molecule has 160 valence electrons. The molecule has 7 heteroatoms. The van der Waals surface area contributed by atoms with Gasteiger partial charge in [-0.1, -0.05) is 31.2 Å². The normalized spacial score (nSPS) is 20.7. The van der Waals surface area contributed by atoms with Gasteiger partial charge in [-0.2, -0.15) is 0 Å². The van der Waals surface area contributed by atoms with Crippen molar-refractivity contribution in [1.29, 1.82) is 0 Å². The predicted octanol–water partition coefficient (Wildman–Crippen LogP) is 2.42. The first-order valence-electron chi connectivity index (χ1n) is 9.92. The van der Waals surface area contributed by atoms with E-state index in [0.717, 1.165) is 44.9 Å². The van der Waals surface area contributed by atoms with Gasteiger partial charge in [0.15, 0.2) is 5.96 Å². The Morgan fingerprint density at radius 1 is 1.29 bits per heavy atom. The second kappa shape index (κ2) is 12.6. The Labute approximate surface area is 187 Å². The van der Waals surface area contributed by atoms with Crippen LogP contribution in [0.5, 0.6) is 0 Å². The summed E-state index contributed by atoms with van der Waals surface area (Å²) in [4.78, 5) is 6.59. The SMILES string of the molecule is CCc1ccc(C(CNC(=NC)NCC2(CCO)CCOC2)N(C)C)cc1.I. The molecule has 6 nitrogen and oxygen atoms in total. The zero-order valence-electron chi connectivity index (χ0n) is 17.7. The molecule has 1 aliphatic rings. The lowest BCUT2D eigenvalue weighted by Gasteiger charge is -2.29. The first-order chi connectivity index (χ1) is 13.0. The molecule has 3 N–H and O–H groups in total. The number of nitrogens with zero attached hydrogens (tertiary/aromatic N) is 2. The van der Waals surface area contributed by atoms with Crippen LogP contribution in [0.1, 0.15) is 36.9 Å². The van der Waals surface area contributed by atoms with Crippen LogP contribution in [-0.2, 0) is 11.2 Å². The van der Waals surface area contributed by atoms with Crippen molar-refractivity contribution in [2.24, 2.45) is 10.4 Å². The monoisotopic (exact) mass is 504 g/mol. The molecule has 0 bridgehead atoms. The highest BCUT2D eigenvalue weighted by Gasteiger charge is 2.34. The average Bonchev–Trinajstić information content (AvgIpc) is 3.13. The first-order valence-corrected chi connectivity index (χ1v) is 9.92. The van der Waals surface area contributed by atoms with Crippen LogP contribution in [0.25, 0.3) is 0 Å². The van der Waals surface area contributed by atoms with Gasteiger partial charge in [-0.25, -0.2) is 0 Å². The zero-order valence-corrected chi connectivity index (χ0v) is 20.0. The van der Waals surface area contributed by atoms with Crippen LogP contribution in [0, 0.1) is 5.41 Å². The number of benzene rings is 1. The van der Waals surface area contributed by atoms with Crippen molar-refractivity contribution in [3.05, 3.63) is 35.4 Å². The van der Waals surface area contributed by atoms with E-state index in [9.17, 15) is 5.11 Å². The van der Waals surface area contributed by atoms with Crippen LogP contribution in [0.4, 0.5) is 0 Å². The number of aliphatic imine (C=N–C) groups is 1. The van der Waals surface area contributed by atoms with E-state index >= 15 is 0 Å². The average molecular weight is 504 g/mol. The van der Waals surface area contributed by atoms with Crippen molar-refractivity contribution >= 4 is 29.9 Å². The van der Waals surface area contributed by atoms with Gasteiger partial charge in [0.25, 0.3) is 0 Å². The van der Waals surface area contributed by atoms with E-state index < -0.39 is 0 Å². The largest absolute Gasteiger partial charge is 0.396 e. The lowest BCUT2D eigenvalue weighted by Crippen LogP contribution is -2.46. The van der Waals surface area contributed by atoms with Crippen molar-refractivity contribution < 1.29 is 9.84 Å². The Bertz CT molecular complexity index is 587. The number of guanidine groups is 1. The van der Waals surface area contributed by atoms with Gasteiger partial charge in [-0.05, 0) is 44.5 Å². The fourth-order valence-electron chi connectivity index (χ4n) is 3.57. The minimum Gasteiger partial charge on any atom is -0.396 e. The number of aliphatic hydroxyl groups is 1. The number of ether oxygens (including phenoxy) is 1.